The van der Waals surface area contributed by atoms with Gasteiger partial charge >= 0.3 is 0 Å². The molecule has 0 fully saturated rings. The van der Waals surface area contributed by atoms with Gasteiger partial charge < -0.3 is 10.2 Å². The average molecular weight is 550 g/mol. The zero-order valence-electron chi connectivity index (χ0n) is 23.2. The Kier molecular flexibility index (Phi) is 10.7. The molecule has 0 aliphatic carbocycles. The van der Waals surface area contributed by atoms with Gasteiger partial charge in [0.25, 0.3) is 10.0 Å². The van der Waals surface area contributed by atoms with Gasteiger partial charge in [0.15, 0.2) is 0 Å². The van der Waals surface area contributed by atoms with Crippen LogP contribution < -0.4 is 9.62 Å². The fourth-order valence-corrected chi connectivity index (χ4v) is 5.78. The maximum atomic E-state index is 14.0. The van der Waals surface area contributed by atoms with E-state index in [1.807, 2.05) is 64.1 Å². The first-order valence-corrected chi connectivity index (χ1v) is 14.8. The van der Waals surface area contributed by atoms with Crippen molar-refractivity contribution in [3.05, 3.63) is 96.1 Å². The molecule has 3 aromatic carbocycles. The van der Waals surface area contributed by atoms with Crippen molar-refractivity contribution in [2.45, 2.75) is 51.5 Å². The van der Waals surface area contributed by atoms with Crippen molar-refractivity contribution in [1.29, 1.82) is 0 Å². The van der Waals surface area contributed by atoms with E-state index in [1.165, 1.54) is 17.0 Å². The van der Waals surface area contributed by atoms with Crippen LogP contribution in [0.2, 0.25) is 0 Å². The molecule has 0 radical (unpaired) electrons. The number of benzene rings is 3. The standard InChI is InChI=1S/C31H39N3O4S/c1-5-29(31(36)32-22-24(2)3)33(20-19-26-14-8-6-9-15-26)30(35)23-34(27-16-12-13-25(4)21-27)39(37,38)28-17-10-7-11-18-28/h6-18,21,24,29H,5,19-20,22-23H2,1-4H3,(H,32,36)/t29-/m1/s1. The summed E-state index contributed by atoms with van der Waals surface area (Å²) in [6, 6.07) is 24.2. The Bertz CT molecular complexity index is 1330. The van der Waals surface area contributed by atoms with Gasteiger partial charge in [0.05, 0.1) is 10.6 Å². The smallest absolute Gasteiger partial charge is 0.264 e. The van der Waals surface area contributed by atoms with Gasteiger partial charge in [-0.15, -0.1) is 0 Å². The van der Waals surface area contributed by atoms with Crippen molar-refractivity contribution in [3.63, 3.8) is 0 Å². The van der Waals surface area contributed by atoms with Crippen molar-refractivity contribution < 1.29 is 18.0 Å². The zero-order chi connectivity index (χ0) is 28.4. The number of carbonyl (C=O) groups excluding carboxylic acids is 2. The first-order chi connectivity index (χ1) is 18.6. The average Bonchev–Trinajstić information content (AvgIpc) is 2.93. The van der Waals surface area contributed by atoms with Gasteiger partial charge in [-0.05, 0) is 61.1 Å². The van der Waals surface area contributed by atoms with E-state index in [0.717, 1.165) is 15.4 Å². The predicted octanol–water partition coefficient (Wildman–Crippen LogP) is 4.81. The summed E-state index contributed by atoms with van der Waals surface area (Å²) in [4.78, 5) is 28.8. The second kappa shape index (κ2) is 13.9. The van der Waals surface area contributed by atoms with Gasteiger partial charge in [0, 0.05) is 13.1 Å². The van der Waals surface area contributed by atoms with Crippen LogP contribution in [0, 0.1) is 12.8 Å². The molecule has 1 atom stereocenters. The van der Waals surface area contributed by atoms with Gasteiger partial charge in [-0.25, -0.2) is 8.42 Å². The first kappa shape index (κ1) is 29.9. The topological polar surface area (TPSA) is 86.8 Å². The quantitative estimate of drug-likeness (QED) is 0.331. The van der Waals surface area contributed by atoms with E-state index in [9.17, 15) is 18.0 Å². The van der Waals surface area contributed by atoms with Crippen LogP contribution in [0.3, 0.4) is 0 Å². The van der Waals surface area contributed by atoms with Crippen LogP contribution in [0.5, 0.6) is 0 Å². The molecule has 0 aromatic heterocycles. The highest BCUT2D eigenvalue weighted by atomic mass is 32.2. The number of sulfonamides is 1. The number of rotatable bonds is 13. The summed E-state index contributed by atoms with van der Waals surface area (Å²) < 4.78 is 28.8. The summed E-state index contributed by atoms with van der Waals surface area (Å²) in [6.07, 6.45) is 0.941. The lowest BCUT2D eigenvalue weighted by atomic mass is 10.1. The van der Waals surface area contributed by atoms with Crippen LogP contribution >= 0.6 is 0 Å². The summed E-state index contributed by atoms with van der Waals surface area (Å²) in [6.45, 7) is 8.10. The third-order valence-corrected chi connectivity index (χ3v) is 8.24. The van der Waals surface area contributed by atoms with Gasteiger partial charge in [-0.2, -0.15) is 0 Å². The summed E-state index contributed by atoms with van der Waals surface area (Å²) in [5.74, 6) is -0.410. The summed E-state index contributed by atoms with van der Waals surface area (Å²) >= 11 is 0. The molecule has 3 aromatic rings. The molecule has 8 heteroatoms. The number of nitrogens with one attached hydrogen (secondary N) is 1. The lowest BCUT2D eigenvalue weighted by molar-refractivity contribution is -0.139. The number of hydrogen-bond donors (Lipinski definition) is 1. The fraction of sp³-hybridized carbons (Fsp3) is 0.355. The highest BCUT2D eigenvalue weighted by Gasteiger charge is 2.33. The highest BCUT2D eigenvalue weighted by molar-refractivity contribution is 7.92. The van der Waals surface area contributed by atoms with Crippen LogP contribution in [-0.2, 0) is 26.0 Å². The number of aryl methyl sites for hydroxylation is 1. The Morgan fingerprint density at radius 1 is 0.897 bits per heavy atom. The Balaban J connectivity index is 1.98. The molecule has 0 saturated carbocycles. The molecule has 7 nitrogen and oxygen atoms in total. The third-order valence-electron chi connectivity index (χ3n) is 6.45. The maximum Gasteiger partial charge on any atom is 0.264 e. The Labute approximate surface area is 232 Å². The van der Waals surface area contributed by atoms with Crippen LogP contribution in [0.15, 0.2) is 89.8 Å². The number of hydrogen-bond acceptors (Lipinski definition) is 4. The maximum absolute atomic E-state index is 14.0. The molecule has 3 rings (SSSR count). The minimum atomic E-state index is -4.06. The summed E-state index contributed by atoms with van der Waals surface area (Å²) in [5.41, 5.74) is 2.29. The molecule has 0 spiro atoms. The third kappa shape index (κ3) is 8.17. The molecule has 1 N–H and O–H groups in total. The summed E-state index contributed by atoms with van der Waals surface area (Å²) in [7, 11) is -4.06. The zero-order valence-corrected chi connectivity index (χ0v) is 24.0. The van der Waals surface area contributed by atoms with Gasteiger partial charge in [0.2, 0.25) is 11.8 Å². The number of amides is 2. The van der Waals surface area contributed by atoms with Gasteiger partial charge in [-0.1, -0.05) is 81.4 Å². The monoisotopic (exact) mass is 549 g/mol. The second-order valence-corrected chi connectivity index (χ2v) is 11.9. The van der Waals surface area contributed by atoms with Crippen molar-refractivity contribution >= 4 is 27.5 Å². The van der Waals surface area contributed by atoms with E-state index in [1.54, 1.807) is 36.4 Å². The van der Waals surface area contributed by atoms with Crippen molar-refractivity contribution in [2.24, 2.45) is 5.92 Å². The Morgan fingerprint density at radius 2 is 1.54 bits per heavy atom. The predicted molar refractivity (Wildman–Crippen MR) is 156 cm³/mol. The molecular weight excluding hydrogens is 510 g/mol. The SMILES string of the molecule is CC[C@H](C(=O)NCC(C)C)N(CCc1ccccc1)C(=O)CN(c1cccc(C)c1)S(=O)(=O)c1ccccc1. The largest absolute Gasteiger partial charge is 0.354 e. The molecule has 0 aliphatic heterocycles. The van der Waals surface area contributed by atoms with E-state index < -0.39 is 28.5 Å². The molecule has 0 unspecified atom stereocenters. The van der Waals surface area contributed by atoms with Crippen molar-refractivity contribution in [3.8, 4) is 0 Å². The van der Waals surface area contributed by atoms with Crippen LogP contribution in [0.4, 0.5) is 5.69 Å². The molecule has 0 saturated heterocycles. The Morgan fingerprint density at radius 3 is 2.13 bits per heavy atom. The minimum Gasteiger partial charge on any atom is -0.354 e. The van der Waals surface area contributed by atoms with Gasteiger partial charge in [0.1, 0.15) is 12.6 Å². The van der Waals surface area contributed by atoms with Crippen LogP contribution in [-0.4, -0.2) is 50.8 Å². The number of nitrogens with zero attached hydrogens (tertiary/aromatic N) is 2. The second-order valence-electron chi connectivity index (χ2n) is 10.0. The lowest BCUT2D eigenvalue weighted by Gasteiger charge is -2.33. The fourth-order valence-electron chi connectivity index (χ4n) is 4.35. The van der Waals surface area contributed by atoms with Gasteiger partial charge in [-0.3, -0.25) is 13.9 Å². The molecule has 0 aliphatic rings. The summed E-state index contributed by atoms with van der Waals surface area (Å²) in [5, 5.41) is 2.95. The molecule has 2 amide bonds. The van der Waals surface area contributed by atoms with E-state index in [2.05, 4.69) is 5.32 Å². The molecular formula is C31H39N3O4S. The van der Waals surface area contributed by atoms with E-state index in [4.69, 9.17) is 0 Å². The van der Waals surface area contributed by atoms with Crippen molar-refractivity contribution in [2.75, 3.05) is 23.9 Å². The number of anilines is 1. The van der Waals surface area contributed by atoms with Crippen LogP contribution in [0.25, 0.3) is 0 Å². The van der Waals surface area contributed by atoms with E-state index in [-0.39, 0.29) is 23.3 Å². The van der Waals surface area contributed by atoms with E-state index in [0.29, 0.717) is 25.1 Å². The normalized spacial score (nSPS) is 12.1. The molecule has 39 heavy (non-hydrogen) atoms. The van der Waals surface area contributed by atoms with E-state index >= 15 is 0 Å². The first-order valence-electron chi connectivity index (χ1n) is 13.4. The molecule has 0 bridgehead atoms. The molecule has 208 valence electrons. The highest BCUT2D eigenvalue weighted by Crippen LogP contribution is 2.25. The van der Waals surface area contributed by atoms with Crippen molar-refractivity contribution in [1.82, 2.24) is 10.2 Å². The minimum absolute atomic E-state index is 0.0943. The van der Waals surface area contributed by atoms with Crippen LogP contribution in [0.1, 0.15) is 38.3 Å². The lowest BCUT2D eigenvalue weighted by Crippen LogP contribution is -2.53. The number of carbonyl (C=O) groups is 2. The Hall–Kier alpha value is -3.65. The molecule has 0 heterocycles.